The second-order valence-electron chi connectivity index (χ2n) is 24.9. The maximum atomic E-state index is 14.4. The molecular weight excluding hydrogens is 1060 g/mol. The van der Waals surface area contributed by atoms with Gasteiger partial charge in [-0.05, 0) is 197 Å². The Kier molecular flexibility index (Phi) is 18.0. The van der Waals surface area contributed by atoms with E-state index in [1.165, 1.54) is 38.2 Å². The summed E-state index contributed by atoms with van der Waals surface area (Å²) in [5.74, 6) is 0.685. The summed E-state index contributed by atoms with van der Waals surface area (Å²) in [6.45, 7) is 15.6. The van der Waals surface area contributed by atoms with Crippen LogP contribution in [0.4, 0.5) is 21.0 Å². The van der Waals surface area contributed by atoms with Crippen LogP contribution in [0.5, 0.6) is 5.75 Å². The molecule has 7 aromatic carbocycles. The second kappa shape index (κ2) is 25.0. The second-order valence-corrected chi connectivity index (χ2v) is 24.9. The van der Waals surface area contributed by atoms with E-state index in [4.69, 9.17) is 14.2 Å². The number of quaternary nitrogens is 1. The van der Waals surface area contributed by atoms with Crippen molar-refractivity contribution >= 4 is 62.9 Å². The van der Waals surface area contributed by atoms with Crippen molar-refractivity contribution in [2.24, 2.45) is 11.8 Å². The highest BCUT2D eigenvalue weighted by molar-refractivity contribution is 5.99. The average molecular weight is 1140 g/mol. The molecule has 14 heteroatoms. The predicted octanol–water partition coefficient (Wildman–Crippen LogP) is 9.67. The molecule has 3 atom stereocenters. The van der Waals surface area contributed by atoms with E-state index in [1.807, 2.05) is 41.8 Å². The first kappa shape index (κ1) is 59.9. The SMILES string of the molecule is Cc1cc(OC(=O)OC(C)(C)C)cc(C)c1C[C@H](NC(=O)OC(C)(C)C)C(=O)N[C@@H]1CCN(C(=O)C2CC2)c2ccc(Cc3ccc4ccccc4c3)cc21.[Cl-].[NH3+][C@@H]1CCN(C(=O)C2CC2)c2ccc(Cc3ccc4ccccc4c3)cc21. The van der Waals surface area contributed by atoms with E-state index >= 15 is 0 Å². The minimum atomic E-state index is -1.000. The van der Waals surface area contributed by atoms with E-state index in [-0.39, 0.29) is 48.5 Å². The van der Waals surface area contributed by atoms with Crippen molar-refractivity contribution in [3.63, 3.8) is 0 Å². The Morgan fingerprint density at radius 1 is 0.566 bits per heavy atom. The van der Waals surface area contributed by atoms with Gasteiger partial charge in [0, 0.05) is 49.0 Å². The number of hydrogen-bond acceptors (Lipinski definition) is 8. The molecule has 0 spiro atoms. The Morgan fingerprint density at radius 2 is 1.02 bits per heavy atom. The van der Waals surface area contributed by atoms with Gasteiger partial charge >= 0.3 is 12.2 Å². The normalized spacial score (nSPS) is 16.9. The largest absolute Gasteiger partial charge is 1.00 e. The zero-order valence-electron chi connectivity index (χ0n) is 49.1. The summed E-state index contributed by atoms with van der Waals surface area (Å²) in [5.41, 5.74) is 14.1. The molecule has 2 aliphatic heterocycles. The number of aryl methyl sites for hydroxylation is 2. The third kappa shape index (κ3) is 15.1. The third-order valence-corrected chi connectivity index (χ3v) is 15.7. The number of carbonyl (C=O) groups is 5. The molecule has 0 unspecified atom stereocenters. The summed E-state index contributed by atoms with van der Waals surface area (Å²) in [6.07, 6.45) is 5.59. The molecule has 11 rings (SSSR count). The molecule has 7 aromatic rings. The summed E-state index contributed by atoms with van der Waals surface area (Å²) in [5, 5.41) is 11.0. The van der Waals surface area contributed by atoms with Gasteiger partial charge in [0.2, 0.25) is 17.7 Å². The summed E-state index contributed by atoms with van der Waals surface area (Å²) in [4.78, 5) is 69.9. The average Bonchev–Trinajstić information content (AvgIpc) is 4.58. The van der Waals surface area contributed by atoms with Crippen LogP contribution in [0, 0.1) is 25.7 Å². The van der Waals surface area contributed by atoms with E-state index in [9.17, 15) is 24.0 Å². The number of rotatable bonds is 12. The highest BCUT2D eigenvalue weighted by Gasteiger charge is 2.40. The Hall–Kier alpha value is -7.74. The number of ether oxygens (including phenoxy) is 3. The molecule has 0 saturated heterocycles. The van der Waals surface area contributed by atoms with Gasteiger partial charge in [0.15, 0.2) is 0 Å². The van der Waals surface area contributed by atoms with Gasteiger partial charge in [-0.15, -0.1) is 0 Å². The smallest absolute Gasteiger partial charge is 0.514 e. The van der Waals surface area contributed by atoms with Crippen LogP contribution < -0.4 is 43.3 Å². The van der Waals surface area contributed by atoms with Crippen molar-refractivity contribution in [1.82, 2.24) is 10.6 Å². The summed E-state index contributed by atoms with van der Waals surface area (Å²) >= 11 is 0. The molecule has 4 amide bonds. The molecule has 2 heterocycles. The highest BCUT2D eigenvalue weighted by atomic mass is 35.5. The lowest BCUT2D eigenvalue weighted by atomic mass is 9.91. The monoisotopic (exact) mass is 1140 g/mol. The van der Waals surface area contributed by atoms with Crippen LogP contribution >= 0.6 is 0 Å². The van der Waals surface area contributed by atoms with Gasteiger partial charge in [-0.2, -0.15) is 0 Å². The van der Waals surface area contributed by atoms with E-state index < -0.39 is 35.5 Å². The number of halogens is 1. The Balaban J connectivity index is 0.000000245. The highest BCUT2D eigenvalue weighted by Crippen LogP contribution is 2.41. The first-order valence-corrected chi connectivity index (χ1v) is 29.1. The molecule has 434 valence electrons. The topological polar surface area (TPSA) is 171 Å². The fraction of sp³-hybridized carbons (Fsp3) is 0.377. The quantitative estimate of drug-likeness (QED) is 0.0802. The molecule has 83 heavy (non-hydrogen) atoms. The lowest BCUT2D eigenvalue weighted by Crippen LogP contribution is -3.00. The molecule has 2 aliphatic carbocycles. The maximum Gasteiger partial charge on any atom is 0.514 e. The Labute approximate surface area is 494 Å². The van der Waals surface area contributed by atoms with Gasteiger partial charge in [-0.3, -0.25) is 14.4 Å². The van der Waals surface area contributed by atoms with Crippen molar-refractivity contribution in [3.05, 3.63) is 184 Å². The van der Waals surface area contributed by atoms with Crippen LogP contribution in [-0.2, 0) is 43.1 Å². The molecule has 0 aromatic heterocycles. The number of benzene rings is 7. The Morgan fingerprint density at radius 3 is 1.53 bits per heavy atom. The third-order valence-electron chi connectivity index (χ3n) is 15.7. The van der Waals surface area contributed by atoms with E-state index in [1.54, 1.807) is 53.7 Å². The number of nitrogens with zero attached hydrogens (tertiary/aromatic N) is 2. The summed E-state index contributed by atoms with van der Waals surface area (Å²) < 4.78 is 16.4. The molecule has 2 fully saturated rings. The number of hydrogen-bond donors (Lipinski definition) is 3. The van der Waals surface area contributed by atoms with Gasteiger partial charge in [0.25, 0.3) is 0 Å². The van der Waals surface area contributed by atoms with Gasteiger partial charge in [0.1, 0.15) is 29.0 Å². The van der Waals surface area contributed by atoms with Crippen molar-refractivity contribution in [1.29, 1.82) is 0 Å². The number of carbonyl (C=O) groups excluding carboxylic acids is 5. The zero-order valence-corrected chi connectivity index (χ0v) is 49.9. The lowest BCUT2D eigenvalue weighted by Gasteiger charge is -2.36. The molecule has 4 aliphatic rings. The van der Waals surface area contributed by atoms with Crippen molar-refractivity contribution in [3.8, 4) is 5.75 Å². The Bertz CT molecular complexity index is 3550. The van der Waals surface area contributed by atoms with Gasteiger partial charge < -0.3 is 52.8 Å². The zero-order chi connectivity index (χ0) is 58.0. The van der Waals surface area contributed by atoms with Crippen molar-refractivity contribution in [2.45, 2.75) is 143 Å². The van der Waals surface area contributed by atoms with Crippen molar-refractivity contribution < 1.29 is 56.3 Å². The van der Waals surface area contributed by atoms with Gasteiger partial charge in [-0.1, -0.05) is 103 Å². The predicted molar refractivity (Wildman–Crippen MR) is 322 cm³/mol. The van der Waals surface area contributed by atoms with Crippen LogP contribution in [0.1, 0.15) is 142 Å². The minimum absolute atomic E-state index is 0. The number of nitrogens with one attached hydrogen (secondary N) is 2. The molecule has 0 bridgehead atoms. The number of amides is 4. The number of anilines is 2. The first-order chi connectivity index (χ1) is 39.1. The van der Waals surface area contributed by atoms with Crippen LogP contribution in [-0.4, -0.2) is 60.3 Å². The van der Waals surface area contributed by atoms with Crippen LogP contribution in [0.2, 0.25) is 0 Å². The molecule has 0 radical (unpaired) electrons. The van der Waals surface area contributed by atoms with E-state index in [0.717, 1.165) is 89.8 Å². The molecule has 13 nitrogen and oxygen atoms in total. The maximum absolute atomic E-state index is 14.4. The standard InChI is InChI=1S/C45H53N3O7.C24H24N2O.ClH/c1-27-21-34(53-43(52)55-45(6,7)8)22-28(2)35(27)26-38(47-42(51)54-44(3,4)5)40(49)46-37-19-20-48(41(50)32-16-17-32)39-18-14-30(25-36(37)39)23-29-13-15-31-11-9-10-12-33(31)24-29;25-22-11-12-26(24(27)19-8-9-19)23-10-6-17(15-21(22)23)13-16-5-7-18-3-1-2-4-20(18)14-16;/h9-15,18,21-22,24-25,32,37-38H,16-17,19-20,23,26H2,1-8H3,(H,46,49)(H,47,51);1-7,10,14-15,19,22H,8-9,11-13,25H2;1H/t37-,38+;22-;/m11./s1. The molecular formula is C69H78ClN5O8. The van der Waals surface area contributed by atoms with Crippen LogP contribution in [0.15, 0.2) is 133 Å². The summed E-state index contributed by atoms with van der Waals surface area (Å²) in [7, 11) is 0. The van der Waals surface area contributed by atoms with E-state index in [0.29, 0.717) is 31.0 Å². The van der Waals surface area contributed by atoms with E-state index in [2.05, 4.69) is 119 Å². The lowest BCUT2D eigenvalue weighted by molar-refractivity contribution is -0.427. The van der Waals surface area contributed by atoms with Gasteiger partial charge in [0.05, 0.1) is 11.7 Å². The minimum Gasteiger partial charge on any atom is -1.00 e. The molecule has 2 saturated carbocycles. The fourth-order valence-electron chi connectivity index (χ4n) is 11.3. The number of alkyl carbamates (subject to hydrolysis) is 1. The van der Waals surface area contributed by atoms with Crippen LogP contribution in [0.3, 0.4) is 0 Å². The molecule has 5 N–H and O–H groups in total. The number of fused-ring (bicyclic) bond motifs is 4. The summed E-state index contributed by atoms with van der Waals surface area (Å²) in [6, 6.07) is 45.0. The van der Waals surface area contributed by atoms with Crippen LogP contribution in [0.25, 0.3) is 21.5 Å². The van der Waals surface area contributed by atoms with Gasteiger partial charge in [-0.25, -0.2) is 9.59 Å². The van der Waals surface area contributed by atoms with Crippen molar-refractivity contribution in [2.75, 3.05) is 22.9 Å². The first-order valence-electron chi connectivity index (χ1n) is 29.1. The fourth-order valence-corrected chi connectivity index (χ4v) is 11.3.